The van der Waals surface area contributed by atoms with Crippen LogP contribution < -0.4 is 5.32 Å². The molecule has 0 aliphatic heterocycles. The number of nitrogens with one attached hydrogen (secondary N) is 1. The highest BCUT2D eigenvalue weighted by Crippen LogP contribution is 2.31. The Morgan fingerprint density at radius 3 is 2.83 bits per heavy atom. The van der Waals surface area contributed by atoms with Crippen LogP contribution in [-0.4, -0.2) is 22.5 Å². The van der Waals surface area contributed by atoms with Crippen molar-refractivity contribution < 1.29 is 9.53 Å². The minimum atomic E-state index is -0.350. The number of fused-ring (bicyclic) bond motifs is 1. The number of aromatic nitrogens is 2. The number of carbonyl (C=O) groups excluding carboxylic acids is 1. The predicted octanol–water partition coefficient (Wildman–Crippen LogP) is 4.23. The number of benzene rings is 1. The largest absolute Gasteiger partial charge is 0.462 e. The normalized spacial score (nSPS) is 10.7. The molecular formula is C17H17N3O2S. The van der Waals surface area contributed by atoms with Gasteiger partial charge in [0.25, 0.3) is 0 Å². The lowest BCUT2D eigenvalue weighted by Gasteiger charge is -2.10. The molecule has 23 heavy (non-hydrogen) atoms. The minimum absolute atomic E-state index is 0.337. The summed E-state index contributed by atoms with van der Waals surface area (Å²) in [5.41, 5.74) is 3.84. The fourth-order valence-electron chi connectivity index (χ4n) is 2.28. The number of hydrogen-bond acceptors (Lipinski definition) is 6. The number of anilines is 2. The average Bonchev–Trinajstić information content (AvgIpc) is 2.96. The van der Waals surface area contributed by atoms with Crippen molar-refractivity contribution in [2.24, 2.45) is 0 Å². The molecule has 0 radical (unpaired) electrons. The van der Waals surface area contributed by atoms with E-state index in [1.807, 2.05) is 6.07 Å². The number of carbonyl (C=O) groups is 1. The minimum Gasteiger partial charge on any atom is -0.462 e. The molecule has 0 saturated carbocycles. The Morgan fingerprint density at radius 2 is 2.09 bits per heavy atom. The van der Waals surface area contributed by atoms with E-state index in [0.717, 1.165) is 10.5 Å². The van der Waals surface area contributed by atoms with Gasteiger partial charge in [0.2, 0.25) is 0 Å². The van der Waals surface area contributed by atoms with Crippen molar-refractivity contribution in [2.75, 3.05) is 11.9 Å². The zero-order chi connectivity index (χ0) is 16.4. The maximum Gasteiger partial charge on any atom is 0.339 e. The van der Waals surface area contributed by atoms with Crippen LogP contribution in [0.15, 0.2) is 29.9 Å². The van der Waals surface area contributed by atoms with Gasteiger partial charge in [0.1, 0.15) is 17.0 Å². The quantitative estimate of drug-likeness (QED) is 0.727. The van der Waals surface area contributed by atoms with Crippen LogP contribution in [0.1, 0.15) is 28.4 Å². The van der Waals surface area contributed by atoms with Crippen LogP contribution in [0, 0.1) is 13.8 Å². The summed E-state index contributed by atoms with van der Waals surface area (Å²) in [6, 6.07) is 6.10. The molecule has 1 aromatic carbocycles. The van der Waals surface area contributed by atoms with E-state index >= 15 is 0 Å². The number of rotatable bonds is 4. The maximum absolute atomic E-state index is 12.1. The zero-order valence-corrected chi connectivity index (χ0v) is 14.0. The van der Waals surface area contributed by atoms with Gasteiger partial charge in [-0.05, 0) is 44.0 Å². The van der Waals surface area contributed by atoms with Crippen molar-refractivity contribution in [2.45, 2.75) is 20.8 Å². The highest BCUT2D eigenvalue weighted by molar-refractivity contribution is 7.17. The predicted molar refractivity (Wildman–Crippen MR) is 92.6 cm³/mol. The van der Waals surface area contributed by atoms with Gasteiger partial charge in [0.05, 0.1) is 17.6 Å². The smallest absolute Gasteiger partial charge is 0.339 e. The second-order valence-electron chi connectivity index (χ2n) is 5.20. The third kappa shape index (κ3) is 3.03. The van der Waals surface area contributed by atoms with E-state index in [-0.39, 0.29) is 5.97 Å². The molecule has 3 aromatic rings. The van der Waals surface area contributed by atoms with E-state index in [1.54, 1.807) is 12.3 Å². The standard InChI is InChI=1S/C17H17N3O2S/c1-4-22-17(21)13-8-23-16-14(13)15(18-9-19-16)20-12-6-5-10(2)11(3)7-12/h5-9H,4H2,1-3H3,(H,18,19,20). The molecule has 2 aromatic heterocycles. The molecule has 5 nitrogen and oxygen atoms in total. The lowest BCUT2D eigenvalue weighted by Crippen LogP contribution is -2.05. The molecule has 0 fully saturated rings. The number of nitrogens with zero attached hydrogens (tertiary/aromatic N) is 2. The van der Waals surface area contributed by atoms with Crippen molar-refractivity contribution in [3.05, 3.63) is 46.6 Å². The summed E-state index contributed by atoms with van der Waals surface area (Å²) in [5, 5.41) is 5.76. The third-order valence-corrected chi connectivity index (χ3v) is 4.52. The Balaban J connectivity index is 2.04. The molecular weight excluding hydrogens is 310 g/mol. The van der Waals surface area contributed by atoms with E-state index in [1.165, 1.54) is 28.8 Å². The second-order valence-corrected chi connectivity index (χ2v) is 6.05. The van der Waals surface area contributed by atoms with E-state index in [2.05, 4.69) is 41.3 Å². The zero-order valence-electron chi connectivity index (χ0n) is 13.2. The van der Waals surface area contributed by atoms with Crippen molar-refractivity contribution in [1.82, 2.24) is 9.97 Å². The van der Waals surface area contributed by atoms with Crippen molar-refractivity contribution in [3.8, 4) is 0 Å². The van der Waals surface area contributed by atoms with Crippen LogP contribution in [0.2, 0.25) is 0 Å². The molecule has 2 heterocycles. The van der Waals surface area contributed by atoms with Crippen LogP contribution in [-0.2, 0) is 4.74 Å². The van der Waals surface area contributed by atoms with E-state index < -0.39 is 0 Å². The Kier molecular flexibility index (Phi) is 4.25. The monoisotopic (exact) mass is 327 g/mol. The lowest BCUT2D eigenvalue weighted by molar-refractivity contribution is 0.0529. The summed E-state index contributed by atoms with van der Waals surface area (Å²) in [6.45, 7) is 6.26. The molecule has 0 aliphatic rings. The first-order valence-electron chi connectivity index (χ1n) is 7.33. The SMILES string of the molecule is CCOC(=O)c1csc2ncnc(Nc3ccc(C)c(C)c3)c12. The first-order chi connectivity index (χ1) is 11.1. The number of hydrogen-bond donors (Lipinski definition) is 1. The van der Waals surface area contributed by atoms with Gasteiger partial charge in [-0.2, -0.15) is 0 Å². The summed E-state index contributed by atoms with van der Waals surface area (Å²) < 4.78 is 5.12. The van der Waals surface area contributed by atoms with Crippen LogP contribution in [0.3, 0.4) is 0 Å². The molecule has 0 saturated heterocycles. The molecule has 6 heteroatoms. The molecule has 0 bridgehead atoms. The number of ether oxygens (including phenoxy) is 1. The van der Waals surface area contributed by atoms with Gasteiger partial charge >= 0.3 is 5.97 Å². The molecule has 0 aliphatic carbocycles. The molecule has 0 spiro atoms. The van der Waals surface area contributed by atoms with Crippen LogP contribution in [0.25, 0.3) is 10.2 Å². The Labute approximate surface area is 138 Å². The summed E-state index contributed by atoms with van der Waals surface area (Å²) in [4.78, 5) is 21.4. The van der Waals surface area contributed by atoms with E-state index in [4.69, 9.17) is 4.74 Å². The van der Waals surface area contributed by atoms with Gasteiger partial charge in [0.15, 0.2) is 0 Å². The molecule has 118 valence electrons. The Hall–Kier alpha value is -2.47. The Morgan fingerprint density at radius 1 is 1.26 bits per heavy atom. The summed E-state index contributed by atoms with van der Waals surface area (Å²) in [6.07, 6.45) is 1.50. The van der Waals surface area contributed by atoms with Crippen molar-refractivity contribution in [3.63, 3.8) is 0 Å². The molecule has 3 rings (SSSR count). The second kappa shape index (κ2) is 6.34. The third-order valence-electron chi connectivity index (χ3n) is 3.64. The van der Waals surface area contributed by atoms with Gasteiger partial charge in [-0.15, -0.1) is 11.3 Å². The summed E-state index contributed by atoms with van der Waals surface area (Å²) in [7, 11) is 0. The number of esters is 1. The lowest BCUT2D eigenvalue weighted by atomic mass is 10.1. The van der Waals surface area contributed by atoms with Crippen LogP contribution >= 0.6 is 11.3 Å². The molecule has 1 N–H and O–H groups in total. The van der Waals surface area contributed by atoms with Gasteiger partial charge in [0, 0.05) is 11.1 Å². The molecule has 0 atom stereocenters. The van der Waals surface area contributed by atoms with Gasteiger partial charge in [-0.3, -0.25) is 0 Å². The van der Waals surface area contributed by atoms with E-state index in [9.17, 15) is 4.79 Å². The van der Waals surface area contributed by atoms with E-state index in [0.29, 0.717) is 23.4 Å². The van der Waals surface area contributed by atoms with Crippen molar-refractivity contribution >= 4 is 39.0 Å². The number of aryl methyl sites for hydroxylation is 2. The highest BCUT2D eigenvalue weighted by Gasteiger charge is 2.18. The Bertz CT molecular complexity index is 873. The average molecular weight is 327 g/mol. The van der Waals surface area contributed by atoms with Crippen molar-refractivity contribution in [1.29, 1.82) is 0 Å². The highest BCUT2D eigenvalue weighted by atomic mass is 32.1. The van der Waals surface area contributed by atoms with Gasteiger partial charge in [-0.25, -0.2) is 14.8 Å². The molecule has 0 amide bonds. The first kappa shape index (κ1) is 15.4. The fraction of sp³-hybridized carbons (Fsp3) is 0.235. The summed E-state index contributed by atoms with van der Waals surface area (Å²) in [5.74, 6) is 0.263. The fourth-order valence-corrected chi connectivity index (χ4v) is 3.16. The van der Waals surface area contributed by atoms with Crippen LogP contribution in [0.5, 0.6) is 0 Å². The topological polar surface area (TPSA) is 64.1 Å². The molecule has 0 unspecified atom stereocenters. The maximum atomic E-state index is 12.1. The van der Waals surface area contributed by atoms with Gasteiger partial charge in [-0.1, -0.05) is 6.07 Å². The summed E-state index contributed by atoms with van der Waals surface area (Å²) >= 11 is 1.41. The van der Waals surface area contributed by atoms with Gasteiger partial charge < -0.3 is 10.1 Å². The first-order valence-corrected chi connectivity index (χ1v) is 8.21. The number of thiophene rings is 1. The van der Waals surface area contributed by atoms with Crippen LogP contribution in [0.4, 0.5) is 11.5 Å².